The molecule has 0 saturated heterocycles. The summed E-state index contributed by atoms with van der Waals surface area (Å²) in [4.78, 5) is 15.6. The molecule has 0 atom stereocenters. The number of nitrogens with zero attached hydrogens (tertiary/aromatic N) is 1. The Morgan fingerprint density at radius 1 is 1.26 bits per heavy atom. The van der Waals surface area contributed by atoms with E-state index in [4.69, 9.17) is 5.73 Å². The van der Waals surface area contributed by atoms with Gasteiger partial charge in [-0.2, -0.15) is 0 Å². The average molecular weight is 272 g/mol. The number of ketones is 1. The minimum Gasteiger partial charge on any atom is -0.375 e. The zero-order valence-electron chi connectivity index (χ0n) is 10.6. The van der Waals surface area contributed by atoms with Crippen LogP contribution in [0.1, 0.15) is 37.2 Å². The van der Waals surface area contributed by atoms with Gasteiger partial charge in [-0.3, -0.25) is 4.79 Å². The van der Waals surface area contributed by atoms with Crippen LogP contribution >= 0.6 is 11.3 Å². The van der Waals surface area contributed by atoms with E-state index in [1.54, 1.807) is 0 Å². The quantitative estimate of drug-likeness (QED) is 0.908. The lowest BCUT2D eigenvalue weighted by Crippen LogP contribution is -2.12. The van der Waals surface area contributed by atoms with Crippen molar-refractivity contribution in [2.45, 2.75) is 31.6 Å². The zero-order chi connectivity index (χ0) is 13.2. The summed E-state index contributed by atoms with van der Waals surface area (Å²) in [6.45, 7) is 0. The van der Waals surface area contributed by atoms with Crippen LogP contribution in [0.2, 0.25) is 0 Å². The Labute approximate surface area is 116 Å². The Morgan fingerprint density at radius 3 is 2.74 bits per heavy atom. The molecule has 1 aliphatic carbocycles. The number of nitrogen functional groups attached to an aromatic ring is 1. The highest BCUT2D eigenvalue weighted by molar-refractivity contribution is 7.13. The van der Waals surface area contributed by atoms with E-state index in [2.05, 4.69) is 29.2 Å². The molecule has 0 spiro atoms. The molecule has 4 heteroatoms. The fourth-order valence-electron chi connectivity index (χ4n) is 2.65. The monoisotopic (exact) mass is 272 g/mol. The molecule has 0 unspecified atom stereocenters. The maximum atomic E-state index is 11.3. The van der Waals surface area contributed by atoms with Gasteiger partial charge in [-0.25, -0.2) is 4.98 Å². The third kappa shape index (κ3) is 2.68. The van der Waals surface area contributed by atoms with Crippen molar-refractivity contribution < 1.29 is 4.79 Å². The SMILES string of the molecule is Nc1nc(-c2cccc(C3CCC(=O)CC3)c2)cs1. The number of carbonyl (C=O) groups excluding carboxylic acids is 1. The number of Topliss-reactive ketones (excluding diaryl/α,β-unsaturated/α-hetero) is 1. The molecular weight excluding hydrogens is 256 g/mol. The van der Waals surface area contributed by atoms with E-state index >= 15 is 0 Å². The van der Waals surface area contributed by atoms with Crippen LogP contribution in [0.3, 0.4) is 0 Å². The van der Waals surface area contributed by atoms with Gasteiger partial charge in [0, 0.05) is 23.8 Å². The summed E-state index contributed by atoms with van der Waals surface area (Å²) in [7, 11) is 0. The lowest BCUT2D eigenvalue weighted by Gasteiger charge is -2.21. The predicted octanol–water partition coefficient (Wildman–Crippen LogP) is 3.62. The van der Waals surface area contributed by atoms with E-state index in [0.717, 1.165) is 36.9 Å². The number of carbonyl (C=O) groups is 1. The van der Waals surface area contributed by atoms with Gasteiger partial charge < -0.3 is 5.73 Å². The maximum absolute atomic E-state index is 11.3. The average Bonchev–Trinajstić information content (AvgIpc) is 2.86. The highest BCUT2D eigenvalue weighted by Gasteiger charge is 2.20. The summed E-state index contributed by atoms with van der Waals surface area (Å²) in [5.74, 6) is 0.910. The van der Waals surface area contributed by atoms with Crippen LogP contribution < -0.4 is 5.73 Å². The number of anilines is 1. The summed E-state index contributed by atoms with van der Waals surface area (Å²) < 4.78 is 0. The van der Waals surface area contributed by atoms with Crippen LogP contribution in [-0.2, 0) is 4.79 Å². The Hall–Kier alpha value is -1.68. The molecule has 0 radical (unpaired) electrons. The van der Waals surface area contributed by atoms with Gasteiger partial charge in [-0.05, 0) is 30.4 Å². The van der Waals surface area contributed by atoms with Gasteiger partial charge in [0.05, 0.1) is 5.69 Å². The third-order valence-corrected chi connectivity index (χ3v) is 4.39. The Kier molecular flexibility index (Phi) is 3.34. The van der Waals surface area contributed by atoms with Crippen LogP contribution in [0.5, 0.6) is 0 Å². The molecule has 3 rings (SSSR count). The summed E-state index contributed by atoms with van der Waals surface area (Å²) in [6, 6.07) is 8.47. The van der Waals surface area contributed by atoms with Gasteiger partial charge in [0.15, 0.2) is 5.13 Å². The van der Waals surface area contributed by atoms with Crippen molar-refractivity contribution in [3.63, 3.8) is 0 Å². The lowest BCUT2D eigenvalue weighted by molar-refractivity contribution is -0.120. The van der Waals surface area contributed by atoms with E-state index in [1.807, 2.05) is 5.38 Å². The van der Waals surface area contributed by atoms with Crippen LogP contribution in [0.4, 0.5) is 5.13 Å². The van der Waals surface area contributed by atoms with Crippen molar-refractivity contribution in [1.82, 2.24) is 4.98 Å². The van der Waals surface area contributed by atoms with Crippen molar-refractivity contribution in [2.75, 3.05) is 5.73 Å². The first-order valence-corrected chi connectivity index (χ1v) is 7.43. The van der Waals surface area contributed by atoms with Crippen molar-refractivity contribution in [2.24, 2.45) is 0 Å². The first-order valence-electron chi connectivity index (χ1n) is 6.55. The first kappa shape index (κ1) is 12.4. The van der Waals surface area contributed by atoms with Crippen LogP contribution in [0.25, 0.3) is 11.3 Å². The number of nitrogens with two attached hydrogens (primary N) is 1. The standard InChI is InChI=1S/C15H16N2OS/c16-15-17-14(9-19-15)12-3-1-2-11(8-12)10-4-6-13(18)7-5-10/h1-3,8-10H,4-7H2,(H2,16,17). The van der Waals surface area contributed by atoms with E-state index in [0.29, 0.717) is 16.8 Å². The molecule has 1 fully saturated rings. The van der Waals surface area contributed by atoms with Gasteiger partial charge in [-0.15, -0.1) is 11.3 Å². The molecule has 1 aromatic carbocycles. The van der Waals surface area contributed by atoms with Crippen LogP contribution in [0, 0.1) is 0 Å². The molecule has 0 aliphatic heterocycles. The van der Waals surface area contributed by atoms with Crippen molar-refractivity contribution in [3.05, 3.63) is 35.2 Å². The minimum atomic E-state index is 0.402. The van der Waals surface area contributed by atoms with Crippen molar-refractivity contribution >= 4 is 22.3 Å². The molecule has 98 valence electrons. The molecule has 1 aliphatic rings. The largest absolute Gasteiger partial charge is 0.375 e. The summed E-state index contributed by atoms with van der Waals surface area (Å²) >= 11 is 1.46. The van der Waals surface area contributed by atoms with Gasteiger partial charge in [-0.1, -0.05) is 18.2 Å². The van der Waals surface area contributed by atoms with Crippen LogP contribution in [0.15, 0.2) is 29.6 Å². The summed E-state index contributed by atoms with van der Waals surface area (Å²) in [6.07, 6.45) is 3.39. The molecule has 0 bridgehead atoms. The van der Waals surface area contributed by atoms with E-state index in [1.165, 1.54) is 16.9 Å². The van der Waals surface area contributed by atoms with Gasteiger partial charge in [0.1, 0.15) is 5.78 Å². The van der Waals surface area contributed by atoms with E-state index in [9.17, 15) is 4.79 Å². The second-order valence-electron chi connectivity index (χ2n) is 5.01. The zero-order valence-corrected chi connectivity index (χ0v) is 11.5. The number of hydrogen-bond donors (Lipinski definition) is 1. The fourth-order valence-corrected chi connectivity index (χ4v) is 3.22. The Bertz CT molecular complexity index is 596. The molecule has 19 heavy (non-hydrogen) atoms. The second-order valence-corrected chi connectivity index (χ2v) is 5.90. The normalized spacial score (nSPS) is 16.7. The molecule has 0 amide bonds. The van der Waals surface area contributed by atoms with Gasteiger partial charge in [0.2, 0.25) is 0 Å². The molecule has 3 nitrogen and oxygen atoms in total. The Balaban J connectivity index is 1.85. The predicted molar refractivity (Wildman–Crippen MR) is 78.2 cm³/mol. The lowest BCUT2D eigenvalue weighted by atomic mass is 9.83. The van der Waals surface area contributed by atoms with Crippen molar-refractivity contribution in [3.8, 4) is 11.3 Å². The van der Waals surface area contributed by atoms with Crippen LogP contribution in [-0.4, -0.2) is 10.8 Å². The topological polar surface area (TPSA) is 56.0 Å². The molecular formula is C15H16N2OS. The third-order valence-electron chi connectivity index (χ3n) is 3.72. The fraction of sp³-hybridized carbons (Fsp3) is 0.333. The molecule has 1 heterocycles. The number of hydrogen-bond acceptors (Lipinski definition) is 4. The van der Waals surface area contributed by atoms with E-state index < -0.39 is 0 Å². The van der Waals surface area contributed by atoms with Gasteiger partial charge in [0.25, 0.3) is 0 Å². The summed E-state index contributed by atoms with van der Waals surface area (Å²) in [5.41, 5.74) is 9.05. The van der Waals surface area contributed by atoms with Crippen molar-refractivity contribution in [1.29, 1.82) is 0 Å². The number of rotatable bonds is 2. The molecule has 2 N–H and O–H groups in total. The minimum absolute atomic E-state index is 0.402. The highest BCUT2D eigenvalue weighted by Crippen LogP contribution is 2.33. The highest BCUT2D eigenvalue weighted by atomic mass is 32.1. The molecule has 1 saturated carbocycles. The number of benzene rings is 1. The number of aromatic nitrogens is 1. The maximum Gasteiger partial charge on any atom is 0.180 e. The molecule has 2 aromatic rings. The molecule has 1 aromatic heterocycles. The van der Waals surface area contributed by atoms with Gasteiger partial charge >= 0.3 is 0 Å². The first-order chi connectivity index (χ1) is 9.22. The summed E-state index contributed by atoms with van der Waals surface area (Å²) in [5, 5.41) is 2.59. The second kappa shape index (κ2) is 5.13. The smallest absolute Gasteiger partial charge is 0.180 e. The number of thiazole rings is 1. The van der Waals surface area contributed by atoms with E-state index in [-0.39, 0.29) is 0 Å². The Morgan fingerprint density at radius 2 is 2.05 bits per heavy atom.